The van der Waals surface area contributed by atoms with Crippen LogP contribution >= 0.6 is 0 Å². The monoisotopic (exact) mass is 293 g/mol. The summed E-state index contributed by atoms with van der Waals surface area (Å²) < 4.78 is 25.4. The fraction of sp³-hybridized carbons (Fsp3) is 0. The number of aliphatic hydroxyl groups excluding tert-OH is 1. The number of halogens is 1. The van der Waals surface area contributed by atoms with Crippen LogP contribution in [-0.4, -0.2) is 25.5 Å². The zero-order chi connectivity index (χ0) is 13.1. The normalized spacial score (nSPS) is 9.83. The lowest BCUT2D eigenvalue weighted by Gasteiger charge is -2.01. The van der Waals surface area contributed by atoms with E-state index in [4.69, 9.17) is 16.6 Å². The van der Waals surface area contributed by atoms with Crippen LogP contribution in [0.5, 0.6) is 0 Å². The van der Waals surface area contributed by atoms with Gasteiger partial charge in [0, 0.05) is 0 Å². The molecule has 10 heteroatoms. The van der Waals surface area contributed by atoms with Crippen LogP contribution in [0.2, 0.25) is 0 Å². The van der Waals surface area contributed by atoms with E-state index in [-0.39, 0.29) is 28.9 Å². The van der Waals surface area contributed by atoms with Crippen molar-refractivity contribution < 1.29 is 25.9 Å². The number of hydrogen-bond donors (Lipinski definition) is 5. The van der Waals surface area contributed by atoms with Gasteiger partial charge in [0.25, 0.3) is 0 Å². The second-order valence-corrected chi connectivity index (χ2v) is 4.62. The predicted octanol–water partition coefficient (Wildman–Crippen LogP) is -5.00. The Bertz CT molecular complexity index is 591. The van der Waals surface area contributed by atoms with Crippen molar-refractivity contribution in [2.75, 3.05) is 5.32 Å². The average molecular weight is 294 g/mol. The molecule has 0 aliphatic rings. The number of nitrogens with two attached hydrogens (primary N) is 3. The van der Waals surface area contributed by atoms with Gasteiger partial charge >= 0.3 is 12.0 Å². The summed E-state index contributed by atoms with van der Waals surface area (Å²) in [7, 11) is -3.80. The number of anilines is 1. The highest BCUT2D eigenvalue weighted by atomic mass is 35.5. The van der Waals surface area contributed by atoms with Gasteiger partial charge in [-0.1, -0.05) is 6.07 Å². The third-order valence-electron chi connectivity index (χ3n) is 1.65. The lowest BCUT2D eigenvalue weighted by molar-refractivity contribution is -0.00000768. The Kier molecular flexibility index (Phi) is 5.47. The zero-order valence-corrected chi connectivity index (χ0v) is 10.6. The van der Waals surface area contributed by atoms with E-state index in [2.05, 4.69) is 9.98 Å². The highest BCUT2D eigenvalue weighted by molar-refractivity contribution is 7.89. The van der Waals surface area contributed by atoms with Crippen molar-refractivity contribution in [1.29, 1.82) is 0 Å². The Hall–Kier alpha value is -1.93. The van der Waals surface area contributed by atoms with Crippen molar-refractivity contribution in [3.05, 3.63) is 24.3 Å². The second kappa shape index (κ2) is 6.12. The smallest absolute Gasteiger partial charge is 0.454 e. The van der Waals surface area contributed by atoms with Gasteiger partial charge < -0.3 is 17.5 Å². The maximum atomic E-state index is 11.1. The molecule has 0 amide bonds. The average Bonchev–Trinajstić information content (AvgIpc) is 2.15. The van der Waals surface area contributed by atoms with E-state index in [0.717, 1.165) is 0 Å². The summed E-state index contributed by atoms with van der Waals surface area (Å²) in [6.07, 6.45) is 0. The predicted molar refractivity (Wildman–Crippen MR) is 64.6 cm³/mol. The number of nitrogens with zero attached hydrogens (tertiary/aromatic N) is 1. The summed E-state index contributed by atoms with van der Waals surface area (Å²) in [6, 6.07) is 4.95. The van der Waals surface area contributed by atoms with Crippen LogP contribution in [0, 0.1) is 0 Å². The van der Waals surface area contributed by atoms with Crippen molar-refractivity contribution in [3.63, 3.8) is 0 Å². The molecule has 0 radical (unpaired) electrons. The molecular weight excluding hydrogens is 282 g/mol. The van der Waals surface area contributed by atoms with Crippen LogP contribution in [0.1, 0.15) is 0 Å². The molecule has 8 N–H and O–H groups in total. The van der Waals surface area contributed by atoms with E-state index in [1.165, 1.54) is 24.3 Å². The van der Waals surface area contributed by atoms with E-state index in [1.54, 1.807) is 0 Å². The van der Waals surface area contributed by atoms with Gasteiger partial charge in [0.2, 0.25) is 10.0 Å². The minimum absolute atomic E-state index is 0. The lowest BCUT2D eigenvalue weighted by Crippen LogP contribution is -3.00. The van der Waals surface area contributed by atoms with Crippen molar-refractivity contribution in [3.8, 4) is 0 Å². The van der Waals surface area contributed by atoms with Crippen LogP contribution in [0.25, 0.3) is 0 Å². The van der Waals surface area contributed by atoms with Gasteiger partial charge in [-0.15, -0.1) is 0 Å². The van der Waals surface area contributed by atoms with E-state index in [1.807, 2.05) is 0 Å². The summed E-state index contributed by atoms with van der Waals surface area (Å²) in [6.45, 7) is 0. The van der Waals surface area contributed by atoms with Crippen LogP contribution < -0.4 is 39.0 Å². The first-order valence-electron chi connectivity index (χ1n) is 4.34. The number of sulfonamides is 1. The molecule has 0 aromatic heterocycles. The zero-order valence-electron chi connectivity index (χ0n) is 9.04. The van der Waals surface area contributed by atoms with Crippen LogP contribution in [0.4, 0.5) is 5.69 Å². The number of benzene rings is 1. The van der Waals surface area contributed by atoms with Gasteiger partial charge in [-0.3, -0.25) is 11.5 Å². The van der Waals surface area contributed by atoms with E-state index < -0.39 is 16.0 Å². The molecule has 8 nitrogen and oxygen atoms in total. The van der Waals surface area contributed by atoms with Crippen LogP contribution in [0.3, 0.4) is 0 Å². The van der Waals surface area contributed by atoms with Gasteiger partial charge in [-0.05, 0) is 18.2 Å². The molecule has 0 unspecified atom stereocenters. The molecule has 0 atom stereocenters. The summed E-state index contributed by atoms with van der Waals surface area (Å²) in [4.78, 5) is -0.0972. The van der Waals surface area contributed by atoms with Gasteiger partial charge in [0.05, 0.1) is 10.6 Å². The third-order valence-corrected chi connectivity index (χ3v) is 2.56. The third kappa shape index (κ3) is 4.93. The maximum absolute atomic E-state index is 11.1. The van der Waals surface area contributed by atoms with Crippen LogP contribution in [-0.2, 0) is 10.0 Å². The summed E-state index contributed by atoms with van der Waals surface area (Å²) in [5.41, 5.74) is 10.4. The molecule has 0 saturated carbocycles. The highest BCUT2D eigenvalue weighted by Gasteiger charge is 2.10. The molecule has 0 bridgehead atoms. The van der Waals surface area contributed by atoms with Gasteiger partial charge in [-0.2, -0.15) is 0 Å². The largest absolute Gasteiger partial charge is 1.00 e. The first-order chi connectivity index (χ1) is 7.79. The van der Waals surface area contributed by atoms with Crippen molar-refractivity contribution in [2.24, 2.45) is 16.6 Å². The van der Waals surface area contributed by atoms with E-state index >= 15 is 0 Å². The molecule has 0 aliphatic carbocycles. The summed E-state index contributed by atoms with van der Waals surface area (Å²) in [5, 5.41) is 16.6. The molecule has 1 aromatic rings. The minimum atomic E-state index is -3.80. The lowest BCUT2D eigenvalue weighted by atomic mass is 10.3. The quantitative estimate of drug-likeness (QED) is 0.209. The van der Waals surface area contributed by atoms with Gasteiger partial charge in [0.1, 0.15) is 0 Å². The highest BCUT2D eigenvalue weighted by Crippen LogP contribution is 2.13. The SMILES string of the molecule is NC(N)=[N+]=C(O)Nc1cccc(S(N)(=O)=O)c1.[Cl-]. The maximum Gasteiger partial charge on any atom is 0.454 e. The number of amidine groups is 1. The molecular formula is C8H12ClN5O3S. The number of aliphatic hydroxyl groups is 1. The summed E-state index contributed by atoms with van der Waals surface area (Å²) in [5.74, 6) is -0.336. The first kappa shape index (κ1) is 16.1. The molecule has 1 rings (SSSR count). The number of primary sulfonamides is 1. The molecule has 0 spiro atoms. The summed E-state index contributed by atoms with van der Waals surface area (Å²) >= 11 is 0. The fourth-order valence-corrected chi connectivity index (χ4v) is 1.59. The van der Waals surface area contributed by atoms with Gasteiger partial charge in [0.15, 0.2) is 0 Å². The standard InChI is InChI=1S/C8H11N5O3S.ClH/c9-7(10)13-8(14)12-5-2-1-3-6(4-5)17(11,15)16;/h1-4H,(H7,9,10,11,12,13,14,15,16);1H. The van der Waals surface area contributed by atoms with Crippen molar-refractivity contribution in [2.45, 2.75) is 4.90 Å². The number of guanidine groups is 1. The Morgan fingerprint density at radius 3 is 2.44 bits per heavy atom. The minimum Gasteiger partial charge on any atom is -1.00 e. The Balaban J connectivity index is 0.00000289. The Morgan fingerprint density at radius 2 is 1.94 bits per heavy atom. The first-order valence-corrected chi connectivity index (χ1v) is 5.89. The topological polar surface area (TPSA) is 159 Å². The number of rotatable bonds is 2. The van der Waals surface area contributed by atoms with Gasteiger partial charge in [-0.25, -0.2) is 23.5 Å². The van der Waals surface area contributed by atoms with Crippen molar-refractivity contribution in [1.82, 2.24) is 4.67 Å². The fourth-order valence-electron chi connectivity index (χ4n) is 1.03. The second-order valence-electron chi connectivity index (χ2n) is 3.06. The molecule has 0 saturated heterocycles. The number of nitrogens with one attached hydrogen (secondary N) is 1. The molecule has 0 fully saturated rings. The van der Waals surface area contributed by atoms with E-state index in [0.29, 0.717) is 0 Å². The molecule has 1 aromatic carbocycles. The van der Waals surface area contributed by atoms with Crippen molar-refractivity contribution >= 4 is 27.7 Å². The number of hydrogen-bond acceptors (Lipinski definition) is 2. The molecule has 18 heavy (non-hydrogen) atoms. The molecule has 100 valence electrons. The molecule has 0 heterocycles. The van der Waals surface area contributed by atoms with Crippen LogP contribution in [0.15, 0.2) is 29.2 Å². The Labute approximate surface area is 110 Å². The molecule has 0 aliphatic heterocycles. The van der Waals surface area contributed by atoms with E-state index in [9.17, 15) is 13.5 Å². The Morgan fingerprint density at radius 1 is 1.33 bits per heavy atom.